The summed E-state index contributed by atoms with van der Waals surface area (Å²) in [6.07, 6.45) is 1.74. The minimum absolute atomic E-state index is 0.384. The number of aliphatic hydroxyl groups is 1. The van der Waals surface area contributed by atoms with Gasteiger partial charge in [0.2, 0.25) is 0 Å². The maximum Gasteiger partial charge on any atom is 0.0802 e. The molecule has 0 amide bonds. The van der Waals surface area contributed by atoms with Gasteiger partial charge in [0.15, 0.2) is 0 Å². The molecule has 3 heteroatoms. The van der Waals surface area contributed by atoms with E-state index in [0.29, 0.717) is 0 Å². The zero-order chi connectivity index (χ0) is 13.8. The molecule has 2 nitrogen and oxygen atoms in total. The Labute approximate surface area is 121 Å². The average molecular weight is 282 g/mol. The van der Waals surface area contributed by atoms with Crippen molar-refractivity contribution in [1.29, 1.82) is 0 Å². The molecular formula is C16H24ClNO. The first-order valence-electron chi connectivity index (χ1n) is 7.20. The first-order chi connectivity index (χ1) is 9.04. The van der Waals surface area contributed by atoms with Crippen molar-refractivity contribution in [2.24, 2.45) is 11.8 Å². The molecule has 19 heavy (non-hydrogen) atoms. The summed E-state index contributed by atoms with van der Waals surface area (Å²) >= 11 is 5.86. The summed E-state index contributed by atoms with van der Waals surface area (Å²) in [5.74, 6) is 1.55. The molecule has 0 spiro atoms. The maximum atomic E-state index is 10.2. The van der Waals surface area contributed by atoms with Crippen LogP contribution in [0.3, 0.4) is 0 Å². The molecule has 1 heterocycles. The van der Waals surface area contributed by atoms with E-state index in [1.54, 1.807) is 0 Å². The summed E-state index contributed by atoms with van der Waals surface area (Å²) in [6, 6.07) is 7.50. The molecule has 1 saturated heterocycles. The van der Waals surface area contributed by atoms with E-state index < -0.39 is 0 Å². The number of piperidine rings is 1. The molecule has 3 unspecified atom stereocenters. The van der Waals surface area contributed by atoms with Crippen LogP contribution in [0.15, 0.2) is 24.3 Å². The second kappa shape index (κ2) is 6.74. The van der Waals surface area contributed by atoms with Crippen LogP contribution in [0.4, 0.5) is 0 Å². The minimum Gasteiger partial charge on any atom is -0.388 e. The lowest BCUT2D eigenvalue weighted by molar-refractivity contribution is 0.103. The van der Waals surface area contributed by atoms with Crippen molar-refractivity contribution in [1.82, 2.24) is 4.90 Å². The Hall–Kier alpha value is -0.570. The Morgan fingerprint density at radius 3 is 2.37 bits per heavy atom. The van der Waals surface area contributed by atoms with Crippen LogP contribution in [0.25, 0.3) is 0 Å². The van der Waals surface area contributed by atoms with Gasteiger partial charge in [-0.1, -0.05) is 37.6 Å². The maximum absolute atomic E-state index is 10.2. The first kappa shape index (κ1) is 14.8. The highest BCUT2D eigenvalue weighted by Crippen LogP contribution is 2.23. The van der Waals surface area contributed by atoms with E-state index in [0.717, 1.165) is 48.5 Å². The topological polar surface area (TPSA) is 23.5 Å². The van der Waals surface area contributed by atoms with Gasteiger partial charge >= 0.3 is 0 Å². The fraction of sp³-hybridized carbons (Fsp3) is 0.625. The van der Waals surface area contributed by atoms with Crippen LogP contribution in [-0.2, 0) is 0 Å². The lowest BCUT2D eigenvalue weighted by Gasteiger charge is -2.35. The van der Waals surface area contributed by atoms with Crippen molar-refractivity contribution >= 4 is 11.6 Å². The molecule has 106 valence electrons. The highest BCUT2D eigenvalue weighted by molar-refractivity contribution is 6.30. The van der Waals surface area contributed by atoms with Crippen LogP contribution in [-0.4, -0.2) is 29.6 Å². The monoisotopic (exact) mass is 281 g/mol. The van der Waals surface area contributed by atoms with E-state index in [4.69, 9.17) is 11.6 Å². The minimum atomic E-state index is -0.384. The summed E-state index contributed by atoms with van der Waals surface area (Å²) in [5, 5.41) is 10.9. The van der Waals surface area contributed by atoms with Gasteiger partial charge in [-0.2, -0.15) is 0 Å². The SMILES string of the molecule is CC1CC(C)CN(CCC(O)c2ccc(Cl)cc2)C1. The van der Waals surface area contributed by atoms with Crippen molar-refractivity contribution in [2.75, 3.05) is 19.6 Å². The Morgan fingerprint density at radius 2 is 1.79 bits per heavy atom. The molecule has 0 aromatic heterocycles. The van der Waals surface area contributed by atoms with E-state index in [9.17, 15) is 5.11 Å². The number of hydrogen-bond donors (Lipinski definition) is 1. The normalized spacial score (nSPS) is 26.3. The Bertz CT molecular complexity index is 382. The van der Waals surface area contributed by atoms with Gasteiger partial charge in [0, 0.05) is 24.7 Å². The Morgan fingerprint density at radius 1 is 1.21 bits per heavy atom. The molecule has 0 aliphatic carbocycles. The van der Waals surface area contributed by atoms with Crippen LogP contribution in [0, 0.1) is 11.8 Å². The van der Waals surface area contributed by atoms with E-state index in [1.165, 1.54) is 6.42 Å². The van der Waals surface area contributed by atoms with E-state index in [1.807, 2.05) is 24.3 Å². The van der Waals surface area contributed by atoms with Crippen molar-refractivity contribution in [3.8, 4) is 0 Å². The lowest BCUT2D eigenvalue weighted by Crippen LogP contribution is -2.39. The second-order valence-corrected chi connectivity index (χ2v) is 6.50. The molecule has 0 bridgehead atoms. The number of likely N-dealkylation sites (tertiary alicyclic amines) is 1. The van der Waals surface area contributed by atoms with E-state index in [-0.39, 0.29) is 6.10 Å². The van der Waals surface area contributed by atoms with Crippen LogP contribution in [0.5, 0.6) is 0 Å². The van der Waals surface area contributed by atoms with Crippen molar-refractivity contribution in [3.05, 3.63) is 34.9 Å². The largest absolute Gasteiger partial charge is 0.388 e. The number of halogens is 1. The third-order valence-corrected chi connectivity index (χ3v) is 4.17. The van der Waals surface area contributed by atoms with E-state index >= 15 is 0 Å². The first-order valence-corrected chi connectivity index (χ1v) is 7.58. The van der Waals surface area contributed by atoms with Crippen LogP contribution in [0.2, 0.25) is 5.02 Å². The molecule has 2 rings (SSSR count). The van der Waals surface area contributed by atoms with Gasteiger partial charge in [0.25, 0.3) is 0 Å². The predicted octanol–water partition coefficient (Wildman–Crippen LogP) is 3.74. The van der Waals surface area contributed by atoms with Gasteiger partial charge < -0.3 is 10.0 Å². The molecule has 1 fully saturated rings. The van der Waals surface area contributed by atoms with Gasteiger partial charge in [-0.05, 0) is 42.4 Å². The third kappa shape index (κ3) is 4.48. The molecule has 1 aromatic carbocycles. The molecule has 3 atom stereocenters. The summed E-state index contributed by atoms with van der Waals surface area (Å²) < 4.78 is 0. The number of aliphatic hydroxyl groups excluding tert-OH is 1. The van der Waals surface area contributed by atoms with Crippen LogP contribution in [0.1, 0.15) is 38.4 Å². The average Bonchev–Trinajstić information content (AvgIpc) is 2.36. The number of nitrogens with zero attached hydrogens (tertiary/aromatic N) is 1. The van der Waals surface area contributed by atoms with Gasteiger partial charge in [-0.15, -0.1) is 0 Å². The molecular weight excluding hydrogens is 258 g/mol. The van der Waals surface area contributed by atoms with Gasteiger partial charge in [0.05, 0.1) is 6.10 Å². The molecule has 1 N–H and O–H groups in total. The number of rotatable bonds is 4. The fourth-order valence-electron chi connectivity index (χ4n) is 3.13. The summed E-state index contributed by atoms with van der Waals surface area (Å²) in [4.78, 5) is 2.48. The molecule has 1 aromatic rings. The van der Waals surface area contributed by atoms with Gasteiger partial charge in [-0.3, -0.25) is 0 Å². The standard InChI is InChI=1S/C16H24ClNO/c1-12-9-13(2)11-18(10-12)8-7-16(19)14-3-5-15(17)6-4-14/h3-6,12-13,16,19H,7-11H2,1-2H3. The molecule has 1 aliphatic heterocycles. The summed E-state index contributed by atoms with van der Waals surface area (Å²) in [6.45, 7) is 7.93. The molecule has 0 saturated carbocycles. The third-order valence-electron chi connectivity index (χ3n) is 3.92. The summed E-state index contributed by atoms with van der Waals surface area (Å²) in [7, 11) is 0. The van der Waals surface area contributed by atoms with Crippen LogP contribution < -0.4 is 0 Å². The van der Waals surface area contributed by atoms with Crippen molar-refractivity contribution in [3.63, 3.8) is 0 Å². The Kier molecular flexibility index (Phi) is 5.26. The van der Waals surface area contributed by atoms with E-state index in [2.05, 4.69) is 18.7 Å². The number of hydrogen-bond acceptors (Lipinski definition) is 2. The number of benzene rings is 1. The Balaban J connectivity index is 1.83. The lowest BCUT2D eigenvalue weighted by atomic mass is 9.91. The molecule has 0 radical (unpaired) electrons. The van der Waals surface area contributed by atoms with Crippen LogP contribution >= 0.6 is 11.6 Å². The fourth-order valence-corrected chi connectivity index (χ4v) is 3.26. The smallest absolute Gasteiger partial charge is 0.0802 e. The highest BCUT2D eigenvalue weighted by atomic mass is 35.5. The summed E-state index contributed by atoms with van der Waals surface area (Å²) in [5.41, 5.74) is 0.961. The van der Waals surface area contributed by atoms with Crippen molar-refractivity contribution in [2.45, 2.75) is 32.8 Å². The zero-order valence-electron chi connectivity index (χ0n) is 11.8. The van der Waals surface area contributed by atoms with Gasteiger partial charge in [-0.25, -0.2) is 0 Å². The second-order valence-electron chi connectivity index (χ2n) is 6.06. The highest BCUT2D eigenvalue weighted by Gasteiger charge is 2.22. The quantitative estimate of drug-likeness (QED) is 0.909. The predicted molar refractivity (Wildman–Crippen MR) is 80.4 cm³/mol. The van der Waals surface area contributed by atoms with Crippen molar-refractivity contribution < 1.29 is 5.11 Å². The van der Waals surface area contributed by atoms with Gasteiger partial charge in [0.1, 0.15) is 0 Å². The zero-order valence-corrected chi connectivity index (χ0v) is 12.6. The molecule has 1 aliphatic rings.